The van der Waals surface area contributed by atoms with Gasteiger partial charge in [-0.3, -0.25) is 9.59 Å². The molecule has 0 bridgehead atoms. The highest BCUT2D eigenvalue weighted by molar-refractivity contribution is 7.89. The predicted molar refractivity (Wildman–Crippen MR) is 151 cm³/mol. The first kappa shape index (κ1) is 29.6. The fourth-order valence-corrected chi connectivity index (χ4v) is 5.52. The van der Waals surface area contributed by atoms with Crippen LogP contribution in [-0.2, 0) is 32.6 Å². The zero-order valence-electron chi connectivity index (χ0n) is 21.5. The number of carbonyl (C=O) groups is 2. The van der Waals surface area contributed by atoms with Crippen molar-refractivity contribution in [1.82, 2.24) is 14.5 Å². The molecule has 10 heteroatoms. The smallest absolute Gasteiger partial charge is 0.243 e. The van der Waals surface area contributed by atoms with Crippen LogP contribution >= 0.6 is 23.2 Å². The number of likely N-dealkylation sites (N-methyl/N-ethyl adjacent to an activating group) is 2. The minimum atomic E-state index is -3.94. The van der Waals surface area contributed by atoms with E-state index in [-0.39, 0.29) is 23.8 Å². The van der Waals surface area contributed by atoms with Crippen molar-refractivity contribution in [3.8, 4) is 0 Å². The van der Waals surface area contributed by atoms with E-state index < -0.39 is 28.5 Å². The van der Waals surface area contributed by atoms with Crippen LogP contribution in [-0.4, -0.2) is 55.6 Å². The summed E-state index contributed by atoms with van der Waals surface area (Å²) >= 11 is 12.5. The van der Waals surface area contributed by atoms with Gasteiger partial charge in [-0.1, -0.05) is 77.3 Å². The fraction of sp³-hybridized carbons (Fsp3) is 0.286. The number of carbonyl (C=O) groups excluding carboxylic acids is 2. The predicted octanol–water partition coefficient (Wildman–Crippen LogP) is 4.70. The molecule has 7 nitrogen and oxygen atoms in total. The summed E-state index contributed by atoms with van der Waals surface area (Å²) in [6, 6.07) is 19.7. The Kier molecular flexibility index (Phi) is 10.3. The third kappa shape index (κ3) is 7.57. The van der Waals surface area contributed by atoms with Crippen LogP contribution < -0.4 is 5.32 Å². The molecule has 0 fully saturated rings. The highest BCUT2D eigenvalue weighted by Crippen LogP contribution is 2.25. The number of hydrogen-bond acceptors (Lipinski definition) is 4. The monoisotopic (exact) mass is 575 g/mol. The lowest BCUT2D eigenvalue weighted by Gasteiger charge is -2.33. The molecular weight excluding hydrogens is 545 g/mol. The first-order chi connectivity index (χ1) is 18.0. The quantitative estimate of drug-likeness (QED) is 0.359. The maximum atomic E-state index is 13.8. The van der Waals surface area contributed by atoms with E-state index in [1.807, 2.05) is 37.3 Å². The van der Waals surface area contributed by atoms with Gasteiger partial charge in [0.2, 0.25) is 21.8 Å². The third-order valence-corrected chi connectivity index (χ3v) is 8.47. The number of rotatable bonds is 11. The van der Waals surface area contributed by atoms with Gasteiger partial charge in [-0.05, 0) is 49.2 Å². The van der Waals surface area contributed by atoms with Gasteiger partial charge in [0.1, 0.15) is 6.04 Å². The zero-order valence-corrected chi connectivity index (χ0v) is 23.9. The van der Waals surface area contributed by atoms with E-state index in [1.54, 1.807) is 37.3 Å². The van der Waals surface area contributed by atoms with Crippen LogP contribution in [0.4, 0.5) is 0 Å². The summed E-state index contributed by atoms with van der Waals surface area (Å²) in [7, 11) is -2.60. The molecule has 1 unspecified atom stereocenters. The Morgan fingerprint density at radius 1 is 0.974 bits per heavy atom. The van der Waals surface area contributed by atoms with Gasteiger partial charge in [0.05, 0.1) is 11.4 Å². The van der Waals surface area contributed by atoms with Crippen LogP contribution in [0, 0.1) is 6.92 Å². The summed E-state index contributed by atoms with van der Waals surface area (Å²) < 4.78 is 27.4. The first-order valence-electron chi connectivity index (χ1n) is 12.1. The summed E-state index contributed by atoms with van der Waals surface area (Å²) in [6.45, 7) is 3.54. The molecule has 1 N–H and O–H groups in total. The number of aryl methyl sites for hydroxylation is 1. The maximum absolute atomic E-state index is 13.8. The molecule has 38 heavy (non-hydrogen) atoms. The second kappa shape index (κ2) is 13.2. The minimum Gasteiger partial charge on any atom is -0.355 e. The molecule has 0 radical (unpaired) electrons. The molecule has 3 aromatic carbocycles. The van der Waals surface area contributed by atoms with Crippen molar-refractivity contribution in [2.75, 3.05) is 20.1 Å². The number of benzene rings is 3. The van der Waals surface area contributed by atoms with Crippen LogP contribution in [0.2, 0.25) is 10.0 Å². The Morgan fingerprint density at radius 2 is 1.63 bits per heavy atom. The Labute approximate surface area is 234 Å². The van der Waals surface area contributed by atoms with Gasteiger partial charge in [-0.15, -0.1) is 0 Å². The Hall–Kier alpha value is -2.91. The van der Waals surface area contributed by atoms with Gasteiger partial charge in [-0.2, -0.15) is 4.31 Å². The molecule has 3 rings (SSSR count). The molecule has 0 aliphatic heterocycles. The Morgan fingerprint density at radius 3 is 2.24 bits per heavy atom. The number of amides is 2. The van der Waals surface area contributed by atoms with Gasteiger partial charge in [0, 0.05) is 36.6 Å². The van der Waals surface area contributed by atoms with Gasteiger partial charge in [0.15, 0.2) is 0 Å². The molecule has 3 aromatic rings. The largest absolute Gasteiger partial charge is 0.355 e. The normalized spacial score (nSPS) is 12.3. The molecule has 0 saturated carbocycles. The van der Waals surface area contributed by atoms with E-state index in [4.69, 9.17) is 23.2 Å². The number of halogens is 2. The molecule has 202 valence electrons. The van der Waals surface area contributed by atoms with Crippen molar-refractivity contribution in [3.05, 3.63) is 99.5 Å². The topological polar surface area (TPSA) is 86.8 Å². The molecule has 0 aromatic heterocycles. The van der Waals surface area contributed by atoms with E-state index in [0.717, 1.165) is 15.4 Å². The van der Waals surface area contributed by atoms with Crippen molar-refractivity contribution in [1.29, 1.82) is 0 Å². The van der Waals surface area contributed by atoms with Gasteiger partial charge in [-0.25, -0.2) is 8.42 Å². The van der Waals surface area contributed by atoms with E-state index in [2.05, 4.69) is 5.32 Å². The van der Waals surface area contributed by atoms with Crippen molar-refractivity contribution in [3.63, 3.8) is 0 Å². The number of nitrogens with zero attached hydrogens (tertiary/aromatic N) is 2. The average Bonchev–Trinajstić information content (AvgIpc) is 2.88. The van der Waals surface area contributed by atoms with E-state index >= 15 is 0 Å². The van der Waals surface area contributed by atoms with Crippen LogP contribution in [0.5, 0.6) is 0 Å². The van der Waals surface area contributed by atoms with Gasteiger partial charge >= 0.3 is 0 Å². The zero-order chi connectivity index (χ0) is 27.9. The van der Waals surface area contributed by atoms with Crippen molar-refractivity contribution >= 4 is 45.0 Å². The summed E-state index contributed by atoms with van der Waals surface area (Å²) in [5.74, 6) is -0.889. The second-order valence-corrected chi connectivity index (χ2v) is 11.8. The average molecular weight is 577 g/mol. The lowest BCUT2D eigenvalue weighted by atomic mass is 10.0. The van der Waals surface area contributed by atoms with Crippen LogP contribution in [0.1, 0.15) is 23.6 Å². The first-order valence-corrected chi connectivity index (χ1v) is 14.3. The van der Waals surface area contributed by atoms with Crippen LogP contribution in [0.25, 0.3) is 0 Å². The lowest BCUT2D eigenvalue weighted by molar-refractivity contribution is -0.141. The summed E-state index contributed by atoms with van der Waals surface area (Å²) in [5, 5.41) is 3.58. The molecular formula is C28H31Cl2N3O4S. The Balaban J connectivity index is 1.98. The number of nitrogens with one attached hydrogen (secondary N) is 1. The lowest BCUT2D eigenvalue weighted by Crippen LogP contribution is -2.53. The summed E-state index contributed by atoms with van der Waals surface area (Å²) in [5.41, 5.74) is 2.35. The molecule has 1 atom stereocenters. The highest BCUT2D eigenvalue weighted by Gasteiger charge is 2.33. The number of sulfonamides is 1. The molecule has 2 amide bonds. The maximum Gasteiger partial charge on any atom is 0.243 e. The van der Waals surface area contributed by atoms with Gasteiger partial charge < -0.3 is 10.2 Å². The van der Waals surface area contributed by atoms with Crippen molar-refractivity contribution in [2.45, 2.75) is 37.8 Å². The Bertz CT molecular complexity index is 1370. The molecule has 0 aliphatic rings. The summed E-state index contributed by atoms with van der Waals surface area (Å²) in [4.78, 5) is 28.5. The summed E-state index contributed by atoms with van der Waals surface area (Å²) in [6.07, 6.45) is 0.234. The fourth-order valence-electron chi connectivity index (χ4n) is 3.94. The van der Waals surface area contributed by atoms with E-state index in [9.17, 15) is 18.0 Å². The second-order valence-electron chi connectivity index (χ2n) is 8.93. The van der Waals surface area contributed by atoms with Crippen LogP contribution in [0.15, 0.2) is 77.7 Å². The standard InChI is InChI=1S/C28H31Cl2N3O4S/c1-4-31-28(35)26(16-21-8-6-5-7-9-21)33(18-22-12-13-23(29)17-25(22)30)27(34)19-32(3)38(36,37)24-14-10-20(2)11-15-24/h5-15,17,26H,4,16,18-19H2,1-3H3,(H,31,35). The van der Waals surface area contributed by atoms with E-state index in [0.29, 0.717) is 22.2 Å². The van der Waals surface area contributed by atoms with Crippen LogP contribution in [0.3, 0.4) is 0 Å². The third-order valence-electron chi connectivity index (χ3n) is 6.06. The van der Waals surface area contributed by atoms with Crippen molar-refractivity contribution in [2.24, 2.45) is 0 Å². The molecule has 0 saturated heterocycles. The number of hydrogen-bond donors (Lipinski definition) is 1. The van der Waals surface area contributed by atoms with Gasteiger partial charge in [0.25, 0.3) is 0 Å². The molecule has 0 aliphatic carbocycles. The highest BCUT2D eigenvalue weighted by atomic mass is 35.5. The SMILES string of the molecule is CCNC(=O)C(Cc1ccccc1)N(Cc1ccc(Cl)cc1Cl)C(=O)CN(C)S(=O)(=O)c1ccc(C)cc1. The molecule has 0 spiro atoms. The minimum absolute atomic E-state index is 0.0120. The van der Waals surface area contributed by atoms with E-state index in [1.165, 1.54) is 24.1 Å². The molecule has 0 heterocycles. The van der Waals surface area contributed by atoms with Crippen molar-refractivity contribution < 1.29 is 18.0 Å².